The zero-order valence-corrected chi connectivity index (χ0v) is 16.8. The second kappa shape index (κ2) is 10.2. The van der Waals surface area contributed by atoms with Gasteiger partial charge in [0, 0.05) is 5.56 Å². The SMILES string of the molecule is CCCCCCOc1ccc(C(=O)NNS(=O)(=O)c2cc(C)ccc2F)cc1. The van der Waals surface area contributed by atoms with Gasteiger partial charge in [-0.2, -0.15) is 0 Å². The molecule has 0 aliphatic heterocycles. The van der Waals surface area contributed by atoms with Crippen molar-refractivity contribution >= 4 is 15.9 Å². The van der Waals surface area contributed by atoms with Crippen LogP contribution in [0.2, 0.25) is 0 Å². The molecular weight excluding hydrogens is 383 g/mol. The molecule has 0 unspecified atom stereocenters. The molecule has 0 aliphatic rings. The van der Waals surface area contributed by atoms with E-state index in [1.54, 1.807) is 19.1 Å². The minimum atomic E-state index is -4.23. The molecule has 2 N–H and O–H groups in total. The van der Waals surface area contributed by atoms with E-state index in [2.05, 4.69) is 12.3 Å². The van der Waals surface area contributed by atoms with Gasteiger partial charge in [0.15, 0.2) is 0 Å². The van der Waals surface area contributed by atoms with Crippen LogP contribution in [0.1, 0.15) is 48.5 Å². The summed E-state index contributed by atoms with van der Waals surface area (Å²) in [6.07, 6.45) is 4.40. The average molecular weight is 408 g/mol. The molecule has 2 aromatic carbocycles. The maximum atomic E-state index is 13.8. The molecule has 28 heavy (non-hydrogen) atoms. The molecule has 2 rings (SSSR count). The van der Waals surface area contributed by atoms with Crippen LogP contribution in [0.4, 0.5) is 4.39 Å². The van der Waals surface area contributed by atoms with Gasteiger partial charge >= 0.3 is 0 Å². The van der Waals surface area contributed by atoms with E-state index in [0.29, 0.717) is 17.9 Å². The lowest BCUT2D eigenvalue weighted by Gasteiger charge is -2.10. The van der Waals surface area contributed by atoms with E-state index in [9.17, 15) is 17.6 Å². The molecule has 0 spiro atoms. The Morgan fingerprint density at radius 1 is 1.07 bits per heavy atom. The predicted octanol–water partition coefficient (Wildman–Crippen LogP) is 3.72. The number of unbranched alkanes of at least 4 members (excludes halogenated alkanes) is 3. The van der Waals surface area contributed by atoms with Crippen LogP contribution in [0, 0.1) is 12.7 Å². The van der Waals surface area contributed by atoms with Gasteiger partial charge in [0.1, 0.15) is 16.5 Å². The molecule has 1 amide bonds. The zero-order chi connectivity index (χ0) is 20.6. The summed E-state index contributed by atoms with van der Waals surface area (Å²) < 4.78 is 43.8. The highest BCUT2D eigenvalue weighted by atomic mass is 32.2. The van der Waals surface area contributed by atoms with Crippen LogP contribution in [0.25, 0.3) is 0 Å². The second-order valence-corrected chi connectivity index (χ2v) is 8.08. The number of rotatable bonds is 10. The van der Waals surface area contributed by atoms with Gasteiger partial charge in [0.05, 0.1) is 6.61 Å². The number of hydrazine groups is 1. The molecule has 0 atom stereocenters. The molecule has 152 valence electrons. The molecule has 2 aromatic rings. The second-order valence-electron chi connectivity index (χ2n) is 6.43. The maximum Gasteiger partial charge on any atom is 0.266 e. The summed E-state index contributed by atoms with van der Waals surface area (Å²) in [6, 6.07) is 10.0. The fraction of sp³-hybridized carbons (Fsp3) is 0.350. The zero-order valence-electron chi connectivity index (χ0n) is 16.0. The van der Waals surface area contributed by atoms with Crippen molar-refractivity contribution in [2.24, 2.45) is 0 Å². The Kier molecular flexibility index (Phi) is 7.95. The van der Waals surface area contributed by atoms with Crippen LogP contribution in [0.15, 0.2) is 47.4 Å². The van der Waals surface area contributed by atoms with Gasteiger partial charge < -0.3 is 4.74 Å². The minimum Gasteiger partial charge on any atom is -0.494 e. The summed E-state index contributed by atoms with van der Waals surface area (Å²) in [4.78, 5) is 13.5. The van der Waals surface area contributed by atoms with E-state index in [1.807, 2.05) is 4.83 Å². The molecule has 0 bridgehead atoms. The number of nitrogens with one attached hydrogen (secondary N) is 2. The van der Waals surface area contributed by atoms with Gasteiger partial charge in [0.2, 0.25) is 0 Å². The Balaban J connectivity index is 1.91. The van der Waals surface area contributed by atoms with Crippen molar-refractivity contribution in [3.8, 4) is 5.75 Å². The lowest BCUT2D eigenvalue weighted by atomic mass is 10.2. The van der Waals surface area contributed by atoms with E-state index in [1.165, 1.54) is 30.7 Å². The van der Waals surface area contributed by atoms with E-state index in [0.717, 1.165) is 25.3 Å². The van der Waals surface area contributed by atoms with Gasteiger partial charge in [-0.25, -0.2) is 12.8 Å². The Hall–Kier alpha value is -2.45. The number of hydrogen-bond donors (Lipinski definition) is 2. The molecule has 8 heteroatoms. The van der Waals surface area contributed by atoms with Crippen molar-refractivity contribution in [3.05, 3.63) is 59.4 Å². The van der Waals surface area contributed by atoms with Crippen molar-refractivity contribution in [3.63, 3.8) is 0 Å². The molecule has 0 heterocycles. The number of hydrogen-bond acceptors (Lipinski definition) is 4. The van der Waals surface area contributed by atoms with Gasteiger partial charge in [-0.05, 0) is 55.3 Å². The van der Waals surface area contributed by atoms with Crippen molar-refractivity contribution in [2.75, 3.05) is 6.61 Å². The minimum absolute atomic E-state index is 0.241. The number of benzene rings is 2. The molecule has 0 radical (unpaired) electrons. The molecule has 0 saturated carbocycles. The number of carbonyl (C=O) groups excluding carboxylic acids is 1. The lowest BCUT2D eigenvalue weighted by molar-refractivity contribution is 0.0945. The van der Waals surface area contributed by atoms with Gasteiger partial charge in [-0.3, -0.25) is 10.2 Å². The fourth-order valence-electron chi connectivity index (χ4n) is 2.48. The maximum absolute atomic E-state index is 13.8. The quantitative estimate of drug-likeness (QED) is 0.464. The predicted molar refractivity (Wildman–Crippen MR) is 105 cm³/mol. The Labute approximate surface area is 165 Å². The number of sulfonamides is 1. The molecule has 0 fully saturated rings. The lowest BCUT2D eigenvalue weighted by Crippen LogP contribution is -2.41. The van der Waals surface area contributed by atoms with Gasteiger partial charge in [0.25, 0.3) is 15.9 Å². The molecule has 0 aromatic heterocycles. The Morgan fingerprint density at radius 2 is 1.79 bits per heavy atom. The van der Waals surface area contributed by atoms with E-state index >= 15 is 0 Å². The first-order valence-corrected chi connectivity index (χ1v) is 10.6. The van der Waals surface area contributed by atoms with Crippen molar-refractivity contribution < 1.29 is 22.3 Å². The number of halogens is 1. The average Bonchev–Trinajstić information content (AvgIpc) is 2.68. The van der Waals surface area contributed by atoms with E-state index in [4.69, 9.17) is 4.74 Å². The third-order valence-electron chi connectivity index (χ3n) is 4.06. The van der Waals surface area contributed by atoms with Gasteiger partial charge in [-0.1, -0.05) is 32.3 Å². The summed E-state index contributed by atoms with van der Waals surface area (Å²) in [5.41, 5.74) is 2.91. The van der Waals surface area contributed by atoms with Crippen LogP contribution in [0.5, 0.6) is 5.75 Å². The van der Waals surface area contributed by atoms with Crippen LogP contribution >= 0.6 is 0 Å². The molecule has 0 aliphatic carbocycles. The first-order chi connectivity index (χ1) is 13.3. The summed E-state index contributed by atoms with van der Waals surface area (Å²) in [6.45, 7) is 4.39. The van der Waals surface area contributed by atoms with Crippen LogP contribution in [0.3, 0.4) is 0 Å². The van der Waals surface area contributed by atoms with Crippen LogP contribution in [-0.4, -0.2) is 20.9 Å². The smallest absolute Gasteiger partial charge is 0.266 e. The number of ether oxygens (including phenoxy) is 1. The van der Waals surface area contributed by atoms with E-state index < -0.39 is 26.6 Å². The third kappa shape index (κ3) is 6.31. The summed E-state index contributed by atoms with van der Waals surface area (Å²) >= 11 is 0. The van der Waals surface area contributed by atoms with Gasteiger partial charge in [-0.15, -0.1) is 4.83 Å². The van der Waals surface area contributed by atoms with Crippen molar-refractivity contribution in [2.45, 2.75) is 44.4 Å². The first kappa shape index (κ1) is 21.8. The van der Waals surface area contributed by atoms with Crippen LogP contribution < -0.4 is 15.0 Å². The molecular formula is C20H25FN2O4S. The van der Waals surface area contributed by atoms with E-state index in [-0.39, 0.29) is 5.56 Å². The third-order valence-corrected chi connectivity index (χ3v) is 5.32. The number of amides is 1. The summed E-state index contributed by atoms with van der Waals surface area (Å²) in [5.74, 6) is -0.922. The highest BCUT2D eigenvalue weighted by molar-refractivity contribution is 7.89. The van der Waals surface area contributed by atoms with Crippen LogP contribution in [-0.2, 0) is 10.0 Å². The van der Waals surface area contributed by atoms with Crippen molar-refractivity contribution in [1.82, 2.24) is 10.3 Å². The highest BCUT2D eigenvalue weighted by Gasteiger charge is 2.20. The topological polar surface area (TPSA) is 84.5 Å². The summed E-state index contributed by atoms with van der Waals surface area (Å²) in [7, 11) is -4.23. The summed E-state index contributed by atoms with van der Waals surface area (Å²) in [5, 5.41) is 0. The number of aryl methyl sites for hydroxylation is 1. The monoisotopic (exact) mass is 408 g/mol. The largest absolute Gasteiger partial charge is 0.494 e. The normalized spacial score (nSPS) is 11.2. The molecule has 0 saturated heterocycles. The number of carbonyl (C=O) groups is 1. The fourth-order valence-corrected chi connectivity index (χ4v) is 3.48. The first-order valence-electron chi connectivity index (χ1n) is 9.14. The Morgan fingerprint density at radius 3 is 2.46 bits per heavy atom. The molecule has 6 nitrogen and oxygen atoms in total. The van der Waals surface area contributed by atoms with Crippen molar-refractivity contribution in [1.29, 1.82) is 0 Å². The standard InChI is InChI=1S/C20H25FN2O4S/c1-3-4-5-6-13-27-17-10-8-16(9-11-17)20(24)22-23-28(25,26)19-14-15(2)7-12-18(19)21/h7-12,14,23H,3-6,13H2,1-2H3,(H,22,24). The highest BCUT2D eigenvalue weighted by Crippen LogP contribution is 2.16. The Bertz CT molecular complexity index is 899.